The van der Waals surface area contributed by atoms with E-state index in [1.165, 1.54) is 23.8 Å². The van der Waals surface area contributed by atoms with E-state index in [-0.39, 0.29) is 16.6 Å². The number of rotatable bonds is 5. The smallest absolute Gasteiger partial charge is 0.380 e. The van der Waals surface area contributed by atoms with Crippen LogP contribution in [0, 0.1) is 17.3 Å². The van der Waals surface area contributed by atoms with Crippen molar-refractivity contribution in [2.45, 2.75) is 89.6 Å². The quantitative estimate of drug-likeness (QED) is 0.542. The lowest BCUT2D eigenvalue weighted by molar-refractivity contribution is -0.102. The molecule has 0 saturated heterocycles. The van der Waals surface area contributed by atoms with Gasteiger partial charge in [0.15, 0.2) is 11.5 Å². The topological polar surface area (TPSA) is 98.9 Å². The third kappa shape index (κ3) is 4.68. The van der Waals surface area contributed by atoms with E-state index in [4.69, 9.17) is 14.1 Å². The van der Waals surface area contributed by atoms with Crippen LogP contribution in [0.2, 0.25) is 0 Å². The molecule has 1 unspecified atom stereocenters. The zero-order chi connectivity index (χ0) is 26.8. The summed E-state index contributed by atoms with van der Waals surface area (Å²) in [6, 6.07) is 12.6. The van der Waals surface area contributed by atoms with Gasteiger partial charge in [0.05, 0.1) is 12.7 Å². The van der Waals surface area contributed by atoms with E-state index in [0.717, 1.165) is 44.1 Å². The molecule has 5 atom stereocenters. The van der Waals surface area contributed by atoms with Gasteiger partial charge in [-0.2, -0.15) is 13.6 Å². The summed E-state index contributed by atoms with van der Waals surface area (Å²) < 4.78 is 33.6. The third-order valence-electron chi connectivity index (χ3n) is 9.85. The molecule has 3 N–H and O–H groups in total. The SMILES string of the molecule is COc1cc2c(cc1OS(N)(=O)=O)CC[C@@H]1[C@@H]2CCC2(C)[C@H]1CC[C@@]2(O)Cc1ccc(C(C)(C)C)cc1. The predicted octanol–water partition coefficient (Wildman–Crippen LogP) is 5.40. The summed E-state index contributed by atoms with van der Waals surface area (Å²) >= 11 is 0. The van der Waals surface area contributed by atoms with E-state index in [9.17, 15) is 13.5 Å². The highest BCUT2D eigenvalue weighted by Gasteiger charge is 2.61. The second kappa shape index (κ2) is 8.99. The summed E-state index contributed by atoms with van der Waals surface area (Å²) in [5.41, 5.74) is 4.13. The fourth-order valence-corrected chi connectivity index (χ4v) is 8.17. The Morgan fingerprint density at radius 3 is 2.38 bits per heavy atom. The molecular formula is C30H41NO5S. The van der Waals surface area contributed by atoms with Gasteiger partial charge >= 0.3 is 10.3 Å². The number of ether oxygens (including phenoxy) is 1. The molecule has 0 heterocycles. The van der Waals surface area contributed by atoms with Crippen molar-refractivity contribution >= 4 is 10.3 Å². The van der Waals surface area contributed by atoms with Crippen molar-refractivity contribution in [3.05, 3.63) is 58.7 Å². The lowest BCUT2D eigenvalue weighted by atomic mass is 9.52. The van der Waals surface area contributed by atoms with E-state index < -0.39 is 15.9 Å². The Hall–Kier alpha value is -2.09. The molecule has 2 fully saturated rings. The summed E-state index contributed by atoms with van der Waals surface area (Å²) in [4.78, 5) is 0. The van der Waals surface area contributed by atoms with Gasteiger partial charge in [0.25, 0.3) is 0 Å². The second-order valence-corrected chi connectivity index (χ2v) is 14.0. The van der Waals surface area contributed by atoms with Crippen LogP contribution in [0.5, 0.6) is 11.5 Å². The van der Waals surface area contributed by atoms with Gasteiger partial charge in [0.1, 0.15) is 0 Å². The van der Waals surface area contributed by atoms with Crippen molar-refractivity contribution in [3.63, 3.8) is 0 Å². The molecule has 2 saturated carbocycles. The van der Waals surface area contributed by atoms with Crippen LogP contribution in [0.1, 0.15) is 88.0 Å². The molecule has 202 valence electrons. The monoisotopic (exact) mass is 527 g/mol. The molecule has 0 amide bonds. The van der Waals surface area contributed by atoms with Crippen LogP contribution < -0.4 is 14.1 Å². The fraction of sp³-hybridized carbons (Fsp3) is 0.600. The van der Waals surface area contributed by atoms with Crippen LogP contribution in [0.15, 0.2) is 36.4 Å². The summed E-state index contributed by atoms with van der Waals surface area (Å²) in [7, 11) is -2.62. The van der Waals surface area contributed by atoms with Crippen molar-refractivity contribution in [2.75, 3.05) is 7.11 Å². The molecule has 3 aliphatic carbocycles. The molecule has 2 aromatic carbocycles. The van der Waals surface area contributed by atoms with Crippen LogP contribution in [0.3, 0.4) is 0 Å². The molecule has 2 aromatic rings. The number of hydrogen-bond donors (Lipinski definition) is 2. The van der Waals surface area contributed by atoms with E-state index in [0.29, 0.717) is 29.9 Å². The maximum atomic E-state index is 12.1. The Labute approximate surface area is 221 Å². The summed E-state index contributed by atoms with van der Waals surface area (Å²) in [6.45, 7) is 9.00. The van der Waals surface area contributed by atoms with Crippen molar-refractivity contribution < 1.29 is 22.4 Å². The Morgan fingerprint density at radius 1 is 1.05 bits per heavy atom. The van der Waals surface area contributed by atoms with E-state index >= 15 is 0 Å². The van der Waals surface area contributed by atoms with Crippen molar-refractivity contribution in [1.82, 2.24) is 0 Å². The van der Waals surface area contributed by atoms with Gasteiger partial charge in [0.2, 0.25) is 0 Å². The highest BCUT2D eigenvalue weighted by molar-refractivity contribution is 7.84. The van der Waals surface area contributed by atoms with E-state index in [2.05, 4.69) is 52.0 Å². The minimum atomic E-state index is -4.14. The number of hydrogen-bond acceptors (Lipinski definition) is 5. The lowest BCUT2D eigenvalue weighted by Gasteiger charge is -2.53. The van der Waals surface area contributed by atoms with Crippen LogP contribution in [0.4, 0.5) is 0 Å². The molecule has 7 heteroatoms. The molecule has 0 aromatic heterocycles. The van der Waals surface area contributed by atoms with E-state index in [1.807, 2.05) is 6.07 Å². The Morgan fingerprint density at radius 2 is 1.76 bits per heavy atom. The molecule has 0 bridgehead atoms. The number of benzene rings is 2. The minimum absolute atomic E-state index is 0.115. The molecule has 3 aliphatic rings. The normalized spacial score (nSPS) is 31.3. The average Bonchev–Trinajstić information content (AvgIpc) is 3.07. The Balaban J connectivity index is 1.40. The number of methoxy groups -OCH3 is 1. The van der Waals surface area contributed by atoms with Crippen molar-refractivity contribution in [1.29, 1.82) is 0 Å². The van der Waals surface area contributed by atoms with Crippen LogP contribution in [-0.2, 0) is 28.6 Å². The molecule has 0 radical (unpaired) electrons. The first-order valence-electron chi connectivity index (χ1n) is 13.5. The number of aryl methyl sites for hydroxylation is 1. The first-order valence-corrected chi connectivity index (χ1v) is 15.0. The van der Waals surface area contributed by atoms with Crippen LogP contribution >= 0.6 is 0 Å². The largest absolute Gasteiger partial charge is 0.493 e. The molecule has 5 rings (SSSR count). The van der Waals surface area contributed by atoms with Crippen LogP contribution in [0.25, 0.3) is 0 Å². The van der Waals surface area contributed by atoms with Crippen LogP contribution in [-0.4, -0.2) is 26.2 Å². The Bertz CT molecular complexity index is 1280. The van der Waals surface area contributed by atoms with Gasteiger partial charge in [-0.25, -0.2) is 0 Å². The maximum Gasteiger partial charge on any atom is 0.380 e. The van der Waals surface area contributed by atoms with E-state index in [1.54, 1.807) is 6.07 Å². The summed E-state index contributed by atoms with van der Waals surface area (Å²) in [6.07, 6.45) is 6.39. The second-order valence-electron chi connectivity index (χ2n) is 12.8. The molecule has 6 nitrogen and oxygen atoms in total. The molecular weight excluding hydrogens is 486 g/mol. The van der Waals surface area contributed by atoms with Crippen molar-refractivity contribution in [2.24, 2.45) is 22.4 Å². The minimum Gasteiger partial charge on any atom is -0.493 e. The maximum absolute atomic E-state index is 12.1. The van der Waals surface area contributed by atoms with Gasteiger partial charge < -0.3 is 14.0 Å². The first kappa shape index (κ1) is 26.5. The van der Waals surface area contributed by atoms with Gasteiger partial charge in [-0.15, -0.1) is 0 Å². The lowest BCUT2D eigenvalue weighted by Crippen LogP contribution is -2.51. The summed E-state index contributed by atoms with van der Waals surface area (Å²) in [5, 5.41) is 17.3. The molecule has 37 heavy (non-hydrogen) atoms. The third-order valence-corrected chi connectivity index (χ3v) is 10.3. The fourth-order valence-electron chi connectivity index (χ4n) is 7.79. The Kier molecular flexibility index (Phi) is 6.44. The zero-order valence-corrected chi connectivity index (χ0v) is 23.5. The van der Waals surface area contributed by atoms with Gasteiger partial charge in [0, 0.05) is 6.42 Å². The van der Waals surface area contributed by atoms with Gasteiger partial charge in [-0.3, -0.25) is 0 Å². The average molecular weight is 528 g/mol. The number of fused-ring (bicyclic) bond motifs is 5. The standard InChI is InChI=1S/C30H41NO5S/c1-28(2,3)21-9-6-19(7-10-21)18-30(32)15-13-25-23-11-8-20-16-27(36-37(31,33)34)26(35-5)17-24(20)22(23)12-14-29(25,30)4/h6-7,9-10,16-17,22-23,25,32H,8,11-15,18H2,1-5H3,(H2,31,33,34)/t22-,23+,25-,29?,30+/m0/s1. The van der Waals surface area contributed by atoms with Crippen molar-refractivity contribution in [3.8, 4) is 11.5 Å². The highest BCUT2D eigenvalue weighted by atomic mass is 32.2. The number of nitrogens with two attached hydrogens (primary N) is 1. The van der Waals surface area contributed by atoms with Gasteiger partial charge in [-0.1, -0.05) is 52.0 Å². The summed E-state index contributed by atoms with van der Waals surface area (Å²) in [5.74, 6) is 1.84. The number of aliphatic hydroxyl groups is 1. The molecule has 0 spiro atoms. The first-order chi connectivity index (χ1) is 17.2. The van der Waals surface area contributed by atoms with Gasteiger partial charge in [-0.05, 0) is 101 Å². The zero-order valence-electron chi connectivity index (χ0n) is 22.7. The molecule has 0 aliphatic heterocycles. The highest BCUT2D eigenvalue weighted by Crippen LogP contribution is 2.65. The predicted molar refractivity (Wildman–Crippen MR) is 145 cm³/mol.